The fraction of sp³-hybridized carbons (Fsp3) is 0.188. The smallest absolute Gasteiger partial charge is 0.338 e. The summed E-state index contributed by atoms with van der Waals surface area (Å²) in [6.45, 7) is 3.54. The van der Waals surface area contributed by atoms with Crippen LogP contribution in [0.15, 0.2) is 42.6 Å². The number of esters is 1. The summed E-state index contributed by atoms with van der Waals surface area (Å²) in [7, 11) is 0. The van der Waals surface area contributed by atoms with Crippen LogP contribution in [0, 0.1) is 0 Å². The molecule has 0 saturated carbocycles. The molecule has 1 N–H and O–H groups in total. The number of carbonyl (C=O) groups excluding carboxylic acids is 2. The molecule has 0 saturated heterocycles. The minimum atomic E-state index is -0.376. The van der Waals surface area contributed by atoms with Gasteiger partial charge in [0.2, 0.25) is 5.91 Å². The molecule has 1 amide bonds. The van der Waals surface area contributed by atoms with Crippen LogP contribution in [0.5, 0.6) is 0 Å². The molecule has 0 spiro atoms. The number of benzene rings is 1. The van der Waals surface area contributed by atoms with Gasteiger partial charge in [0, 0.05) is 24.4 Å². The number of carbonyl (C=O) groups is 2. The third-order valence-electron chi connectivity index (χ3n) is 2.75. The van der Waals surface area contributed by atoms with Crippen LogP contribution >= 0.6 is 0 Å². The summed E-state index contributed by atoms with van der Waals surface area (Å²) >= 11 is 0. The van der Waals surface area contributed by atoms with Gasteiger partial charge in [0.1, 0.15) is 0 Å². The van der Waals surface area contributed by atoms with Crippen molar-refractivity contribution in [1.29, 1.82) is 0 Å². The molecule has 1 heterocycles. The average molecular weight is 284 g/mol. The molecule has 0 bridgehead atoms. The first kappa shape index (κ1) is 14.7. The van der Waals surface area contributed by atoms with Crippen LogP contribution in [0.4, 0.5) is 5.69 Å². The van der Waals surface area contributed by atoms with E-state index in [-0.39, 0.29) is 11.9 Å². The van der Waals surface area contributed by atoms with Gasteiger partial charge >= 0.3 is 5.97 Å². The van der Waals surface area contributed by atoms with E-state index in [1.807, 2.05) is 12.1 Å². The molecule has 1 aromatic carbocycles. The molecule has 0 fully saturated rings. The van der Waals surface area contributed by atoms with Gasteiger partial charge in [-0.2, -0.15) is 0 Å². The third-order valence-corrected chi connectivity index (χ3v) is 2.75. The van der Waals surface area contributed by atoms with Crippen LogP contribution in [0.2, 0.25) is 0 Å². The largest absolute Gasteiger partial charge is 0.462 e. The second-order valence-corrected chi connectivity index (χ2v) is 4.41. The minimum absolute atomic E-state index is 0.139. The van der Waals surface area contributed by atoms with Crippen molar-refractivity contribution < 1.29 is 14.3 Å². The second kappa shape index (κ2) is 6.65. The Morgan fingerprint density at radius 1 is 1.24 bits per heavy atom. The summed E-state index contributed by atoms with van der Waals surface area (Å²) in [5.41, 5.74) is 2.59. The number of anilines is 1. The molecule has 1 aromatic heterocycles. The molecule has 2 rings (SSSR count). The Morgan fingerprint density at radius 2 is 2.05 bits per heavy atom. The molecule has 0 aliphatic carbocycles. The van der Waals surface area contributed by atoms with E-state index in [4.69, 9.17) is 4.74 Å². The molecule has 108 valence electrons. The number of hydrogen-bond donors (Lipinski definition) is 1. The first-order chi connectivity index (χ1) is 10.1. The maximum absolute atomic E-state index is 11.7. The highest BCUT2D eigenvalue weighted by Gasteiger charge is 2.09. The molecule has 0 aliphatic rings. The summed E-state index contributed by atoms with van der Waals surface area (Å²) in [6, 6.07) is 10.6. The molecular formula is C16H16N2O3. The topological polar surface area (TPSA) is 68.3 Å². The highest BCUT2D eigenvalue weighted by molar-refractivity contribution is 5.91. The van der Waals surface area contributed by atoms with Crippen LogP contribution in [-0.4, -0.2) is 23.5 Å². The van der Waals surface area contributed by atoms with Crippen molar-refractivity contribution in [2.45, 2.75) is 13.8 Å². The van der Waals surface area contributed by atoms with Crippen molar-refractivity contribution in [3.05, 3.63) is 48.2 Å². The predicted octanol–water partition coefficient (Wildman–Crippen LogP) is 2.88. The molecule has 21 heavy (non-hydrogen) atoms. The van der Waals surface area contributed by atoms with E-state index >= 15 is 0 Å². The zero-order valence-electron chi connectivity index (χ0n) is 11.9. The highest BCUT2D eigenvalue weighted by Crippen LogP contribution is 2.21. The van der Waals surface area contributed by atoms with Crippen molar-refractivity contribution in [2.24, 2.45) is 0 Å². The van der Waals surface area contributed by atoms with Gasteiger partial charge in [-0.05, 0) is 31.2 Å². The van der Waals surface area contributed by atoms with Gasteiger partial charge < -0.3 is 10.1 Å². The van der Waals surface area contributed by atoms with E-state index in [1.165, 1.54) is 6.92 Å². The Hall–Kier alpha value is -2.69. The lowest BCUT2D eigenvalue weighted by Gasteiger charge is -2.07. The van der Waals surface area contributed by atoms with Gasteiger partial charge in [0.05, 0.1) is 17.9 Å². The summed E-state index contributed by atoms with van der Waals surface area (Å²) in [4.78, 5) is 27.1. The van der Waals surface area contributed by atoms with Crippen LogP contribution in [-0.2, 0) is 9.53 Å². The monoisotopic (exact) mass is 284 g/mol. The van der Waals surface area contributed by atoms with Gasteiger partial charge in [-0.3, -0.25) is 9.78 Å². The van der Waals surface area contributed by atoms with Gasteiger partial charge in [-0.25, -0.2) is 4.79 Å². The maximum atomic E-state index is 11.7. The van der Waals surface area contributed by atoms with Crippen molar-refractivity contribution in [1.82, 2.24) is 4.98 Å². The van der Waals surface area contributed by atoms with Gasteiger partial charge in [-0.1, -0.05) is 12.1 Å². The van der Waals surface area contributed by atoms with E-state index in [0.29, 0.717) is 23.6 Å². The molecule has 0 unspecified atom stereocenters. The van der Waals surface area contributed by atoms with E-state index in [0.717, 1.165) is 5.56 Å². The van der Waals surface area contributed by atoms with Crippen LogP contribution < -0.4 is 5.32 Å². The van der Waals surface area contributed by atoms with Crippen molar-refractivity contribution in [2.75, 3.05) is 11.9 Å². The lowest BCUT2D eigenvalue weighted by atomic mass is 10.1. The predicted molar refractivity (Wildman–Crippen MR) is 79.9 cm³/mol. The molecule has 5 nitrogen and oxygen atoms in total. The quantitative estimate of drug-likeness (QED) is 0.876. The maximum Gasteiger partial charge on any atom is 0.338 e. The first-order valence-electron chi connectivity index (χ1n) is 6.61. The molecule has 0 aliphatic heterocycles. The van der Waals surface area contributed by atoms with Crippen molar-refractivity contribution >= 4 is 17.6 Å². The first-order valence-corrected chi connectivity index (χ1v) is 6.61. The lowest BCUT2D eigenvalue weighted by Crippen LogP contribution is -2.06. The van der Waals surface area contributed by atoms with Crippen molar-refractivity contribution in [3.63, 3.8) is 0 Å². The zero-order valence-corrected chi connectivity index (χ0v) is 11.9. The Morgan fingerprint density at radius 3 is 2.76 bits per heavy atom. The Kier molecular flexibility index (Phi) is 4.66. The number of rotatable bonds is 4. The summed E-state index contributed by atoms with van der Waals surface area (Å²) in [5, 5.41) is 2.71. The number of nitrogens with one attached hydrogen (secondary N) is 1. The molecule has 0 radical (unpaired) electrons. The number of ether oxygens (including phenoxy) is 1. The van der Waals surface area contributed by atoms with Gasteiger partial charge in [-0.15, -0.1) is 0 Å². The van der Waals surface area contributed by atoms with E-state index < -0.39 is 0 Å². The average Bonchev–Trinajstić information content (AvgIpc) is 2.47. The summed E-state index contributed by atoms with van der Waals surface area (Å²) in [5.74, 6) is -0.514. The van der Waals surface area contributed by atoms with Gasteiger partial charge in [0.15, 0.2) is 0 Å². The SMILES string of the molecule is CCOC(=O)c1ccnc(-c2cccc(NC(C)=O)c2)c1. The van der Waals surface area contributed by atoms with E-state index in [1.54, 1.807) is 37.4 Å². The number of hydrogen-bond acceptors (Lipinski definition) is 4. The third kappa shape index (κ3) is 3.89. The normalized spacial score (nSPS) is 10.0. The zero-order chi connectivity index (χ0) is 15.2. The number of pyridine rings is 1. The Balaban J connectivity index is 2.31. The standard InChI is InChI=1S/C16H16N2O3/c1-3-21-16(20)13-7-8-17-15(10-13)12-5-4-6-14(9-12)18-11(2)19/h4-10H,3H2,1-2H3,(H,18,19). The fourth-order valence-corrected chi connectivity index (χ4v) is 1.89. The van der Waals surface area contributed by atoms with Crippen LogP contribution in [0.1, 0.15) is 24.2 Å². The van der Waals surface area contributed by atoms with Gasteiger partial charge in [0.25, 0.3) is 0 Å². The Labute approximate surface area is 123 Å². The number of aromatic nitrogens is 1. The number of nitrogens with zero attached hydrogens (tertiary/aromatic N) is 1. The fourth-order valence-electron chi connectivity index (χ4n) is 1.89. The molecule has 5 heteroatoms. The van der Waals surface area contributed by atoms with Crippen LogP contribution in [0.3, 0.4) is 0 Å². The Bertz CT molecular complexity index is 668. The summed E-state index contributed by atoms with van der Waals surface area (Å²) in [6.07, 6.45) is 1.56. The van der Waals surface area contributed by atoms with E-state index in [2.05, 4.69) is 10.3 Å². The number of amides is 1. The second-order valence-electron chi connectivity index (χ2n) is 4.41. The molecule has 0 atom stereocenters. The molecular weight excluding hydrogens is 268 g/mol. The summed E-state index contributed by atoms with van der Waals surface area (Å²) < 4.78 is 4.97. The van der Waals surface area contributed by atoms with Crippen molar-refractivity contribution in [3.8, 4) is 11.3 Å². The van der Waals surface area contributed by atoms with Crippen LogP contribution in [0.25, 0.3) is 11.3 Å². The molecule has 2 aromatic rings. The van der Waals surface area contributed by atoms with E-state index in [9.17, 15) is 9.59 Å². The minimum Gasteiger partial charge on any atom is -0.462 e. The lowest BCUT2D eigenvalue weighted by molar-refractivity contribution is -0.114. The highest BCUT2D eigenvalue weighted by atomic mass is 16.5.